The van der Waals surface area contributed by atoms with E-state index in [4.69, 9.17) is 4.52 Å². The number of aromatic nitrogens is 2. The monoisotopic (exact) mass is 376 g/mol. The molecule has 0 saturated heterocycles. The summed E-state index contributed by atoms with van der Waals surface area (Å²) in [6.07, 6.45) is 6.56. The number of hydrogen-bond acceptors (Lipinski definition) is 5. The van der Waals surface area contributed by atoms with Gasteiger partial charge in [-0.15, -0.1) is 0 Å². The number of amides is 2. The summed E-state index contributed by atoms with van der Waals surface area (Å²) >= 11 is 0. The lowest BCUT2D eigenvalue weighted by Crippen LogP contribution is -2.19. The fourth-order valence-electron chi connectivity index (χ4n) is 2.36. The Balaban J connectivity index is 1.56. The Labute approximate surface area is 162 Å². The van der Waals surface area contributed by atoms with E-state index < -0.39 is 6.03 Å². The summed E-state index contributed by atoms with van der Waals surface area (Å²) in [4.78, 5) is 28.2. The van der Waals surface area contributed by atoms with Crippen LogP contribution < -0.4 is 10.6 Å². The highest BCUT2D eigenvalue weighted by atomic mass is 16.5. The molecule has 0 aliphatic carbocycles. The number of urea groups is 1. The van der Waals surface area contributed by atoms with E-state index in [1.54, 1.807) is 48.8 Å². The van der Waals surface area contributed by atoms with Gasteiger partial charge in [-0.05, 0) is 48.0 Å². The first-order valence-corrected chi connectivity index (χ1v) is 8.78. The Morgan fingerprint density at radius 1 is 1.04 bits per heavy atom. The van der Waals surface area contributed by atoms with E-state index in [9.17, 15) is 9.59 Å². The molecule has 7 nitrogen and oxygen atoms in total. The van der Waals surface area contributed by atoms with Gasteiger partial charge in [-0.3, -0.25) is 15.1 Å². The maximum atomic E-state index is 12.2. The number of anilines is 2. The zero-order chi connectivity index (χ0) is 19.9. The molecule has 0 fully saturated rings. The van der Waals surface area contributed by atoms with Crippen molar-refractivity contribution < 1.29 is 14.1 Å². The average molecular weight is 376 g/mol. The van der Waals surface area contributed by atoms with Crippen molar-refractivity contribution in [3.63, 3.8) is 0 Å². The van der Waals surface area contributed by atoms with Crippen molar-refractivity contribution in [2.45, 2.75) is 19.8 Å². The van der Waals surface area contributed by atoms with E-state index in [-0.39, 0.29) is 11.7 Å². The lowest BCUT2D eigenvalue weighted by atomic mass is 10.1. The molecule has 2 heterocycles. The van der Waals surface area contributed by atoms with Crippen molar-refractivity contribution in [1.29, 1.82) is 0 Å². The highest BCUT2D eigenvalue weighted by molar-refractivity contribution is 6.07. The van der Waals surface area contributed by atoms with Crippen molar-refractivity contribution in [2.75, 3.05) is 10.6 Å². The highest BCUT2D eigenvalue weighted by Gasteiger charge is 2.10. The van der Waals surface area contributed by atoms with E-state index in [0.717, 1.165) is 5.56 Å². The first kappa shape index (κ1) is 19.0. The van der Waals surface area contributed by atoms with Crippen molar-refractivity contribution >= 4 is 29.4 Å². The molecular formula is C21H20N4O3. The fourth-order valence-corrected chi connectivity index (χ4v) is 2.36. The minimum Gasteiger partial charge on any atom is -0.359 e. The lowest BCUT2D eigenvalue weighted by molar-refractivity contribution is 0.104. The van der Waals surface area contributed by atoms with Crippen LogP contribution in [0, 0.1) is 0 Å². The Morgan fingerprint density at radius 3 is 2.39 bits per heavy atom. The van der Waals surface area contributed by atoms with E-state index in [1.807, 2.05) is 26.0 Å². The molecule has 142 valence electrons. The van der Waals surface area contributed by atoms with Crippen LogP contribution in [0.1, 0.15) is 41.4 Å². The van der Waals surface area contributed by atoms with E-state index in [1.165, 1.54) is 6.08 Å². The molecule has 0 atom stereocenters. The molecular weight excluding hydrogens is 356 g/mol. The topological polar surface area (TPSA) is 97.1 Å². The number of carbonyl (C=O) groups excluding carboxylic acids is 2. The van der Waals surface area contributed by atoms with Gasteiger partial charge in [0.25, 0.3) is 0 Å². The largest absolute Gasteiger partial charge is 0.359 e. The first-order valence-electron chi connectivity index (χ1n) is 8.78. The molecule has 28 heavy (non-hydrogen) atoms. The summed E-state index contributed by atoms with van der Waals surface area (Å²) in [6.45, 7) is 3.94. The van der Waals surface area contributed by atoms with Gasteiger partial charge in [0, 0.05) is 35.6 Å². The van der Waals surface area contributed by atoms with Gasteiger partial charge in [0.15, 0.2) is 11.6 Å². The summed E-state index contributed by atoms with van der Waals surface area (Å²) < 4.78 is 5.13. The maximum Gasteiger partial charge on any atom is 0.324 e. The van der Waals surface area contributed by atoms with Crippen LogP contribution in [0.25, 0.3) is 6.08 Å². The number of benzene rings is 1. The molecule has 2 amide bonds. The second-order valence-electron chi connectivity index (χ2n) is 6.40. The standard InChI is InChI=1S/C21H20N4O3/c1-14(2)19-13-20(25-28-19)24-21(27)23-17-6-4-16(5-7-17)18(26)8-3-15-9-11-22-12-10-15/h3-14H,1-2H3,(H2,23,24,25,27). The maximum absolute atomic E-state index is 12.2. The summed E-state index contributed by atoms with van der Waals surface area (Å²) in [5.41, 5.74) is 1.97. The number of pyridine rings is 1. The molecule has 0 saturated carbocycles. The van der Waals surface area contributed by atoms with Gasteiger partial charge in [-0.2, -0.15) is 0 Å². The molecule has 0 unspecified atom stereocenters. The van der Waals surface area contributed by atoms with Gasteiger partial charge in [0.05, 0.1) is 0 Å². The number of carbonyl (C=O) groups is 2. The van der Waals surface area contributed by atoms with Crippen LogP contribution in [0.2, 0.25) is 0 Å². The third-order valence-corrected chi connectivity index (χ3v) is 3.90. The van der Waals surface area contributed by atoms with Crippen molar-refractivity contribution in [3.05, 3.63) is 77.8 Å². The number of ketones is 1. The summed E-state index contributed by atoms with van der Waals surface area (Å²) in [5.74, 6) is 1.09. The minimum atomic E-state index is -0.444. The minimum absolute atomic E-state index is 0.128. The molecule has 2 aromatic heterocycles. The molecule has 1 aromatic carbocycles. The van der Waals surface area contributed by atoms with Crippen LogP contribution in [0.4, 0.5) is 16.3 Å². The predicted octanol–water partition coefficient (Wildman–Crippen LogP) is 4.73. The Morgan fingerprint density at radius 2 is 1.75 bits per heavy atom. The van der Waals surface area contributed by atoms with Gasteiger partial charge >= 0.3 is 6.03 Å². The smallest absolute Gasteiger partial charge is 0.324 e. The van der Waals surface area contributed by atoms with Gasteiger partial charge in [-0.1, -0.05) is 25.1 Å². The number of nitrogens with zero attached hydrogens (tertiary/aromatic N) is 2. The summed E-state index contributed by atoms with van der Waals surface area (Å²) in [6, 6.07) is 11.5. The molecule has 3 aromatic rings. The van der Waals surface area contributed by atoms with Crippen molar-refractivity contribution in [2.24, 2.45) is 0 Å². The van der Waals surface area contributed by atoms with E-state index in [2.05, 4.69) is 20.8 Å². The molecule has 0 bridgehead atoms. The van der Waals surface area contributed by atoms with Crippen LogP contribution in [0.3, 0.4) is 0 Å². The van der Waals surface area contributed by atoms with Crippen LogP contribution in [-0.2, 0) is 0 Å². The predicted molar refractivity (Wildman–Crippen MR) is 107 cm³/mol. The highest BCUT2D eigenvalue weighted by Crippen LogP contribution is 2.18. The SMILES string of the molecule is CC(C)c1cc(NC(=O)Nc2ccc(C(=O)C=Cc3ccncc3)cc2)no1. The van der Waals surface area contributed by atoms with Crippen LogP contribution in [-0.4, -0.2) is 22.0 Å². The molecule has 2 N–H and O–H groups in total. The second-order valence-corrected chi connectivity index (χ2v) is 6.40. The van der Waals surface area contributed by atoms with Gasteiger partial charge in [0.1, 0.15) is 5.76 Å². The van der Waals surface area contributed by atoms with Gasteiger partial charge in [0.2, 0.25) is 0 Å². The summed E-state index contributed by atoms with van der Waals surface area (Å²) in [5, 5.41) is 9.09. The third kappa shape index (κ3) is 5.14. The van der Waals surface area contributed by atoms with Crippen LogP contribution in [0.15, 0.2) is 65.5 Å². The Hall–Kier alpha value is -3.74. The summed E-state index contributed by atoms with van der Waals surface area (Å²) in [7, 11) is 0. The quantitative estimate of drug-likeness (QED) is 0.479. The van der Waals surface area contributed by atoms with Crippen molar-refractivity contribution in [3.8, 4) is 0 Å². The number of allylic oxidation sites excluding steroid dienone is 1. The Bertz CT molecular complexity index is 976. The number of rotatable bonds is 6. The van der Waals surface area contributed by atoms with Gasteiger partial charge in [-0.25, -0.2) is 4.79 Å². The zero-order valence-corrected chi connectivity index (χ0v) is 15.5. The first-order chi connectivity index (χ1) is 13.5. The van der Waals surface area contributed by atoms with Gasteiger partial charge < -0.3 is 9.84 Å². The zero-order valence-electron chi connectivity index (χ0n) is 15.5. The van der Waals surface area contributed by atoms with Crippen LogP contribution in [0.5, 0.6) is 0 Å². The van der Waals surface area contributed by atoms with Crippen molar-refractivity contribution in [1.82, 2.24) is 10.1 Å². The molecule has 0 radical (unpaired) electrons. The Kier molecular flexibility index (Phi) is 5.96. The lowest BCUT2D eigenvalue weighted by Gasteiger charge is -2.05. The number of nitrogens with one attached hydrogen (secondary N) is 2. The molecule has 3 rings (SSSR count). The molecule has 0 aliphatic rings. The number of hydrogen-bond donors (Lipinski definition) is 2. The third-order valence-electron chi connectivity index (χ3n) is 3.90. The normalized spacial score (nSPS) is 11.0. The average Bonchev–Trinajstić information content (AvgIpc) is 3.16. The van der Waals surface area contributed by atoms with Crippen LogP contribution >= 0.6 is 0 Å². The molecule has 7 heteroatoms. The molecule has 0 aliphatic heterocycles. The second kappa shape index (κ2) is 8.77. The van der Waals surface area contributed by atoms with E-state index >= 15 is 0 Å². The fraction of sp³-hybridized carbons (Fsp3) is 0.143. The van der Waals surface area contributed by atoms with E-state index in [0.29, 0.717) is 22.8 Å². The molecule has 0 spiro atoms.